The molecule has 202 valence electrons. The third kappa shape index (κ3) is 4.18. The molecule has 2 bridgehead atoms. The van der Waals surface area contributed by atoms with E-state index in [2.05, 4.69) is 13.5 Å². The molecule has 0 saturated carbocycles. The van der Waals surface area contributed by atoms with E-state index in [1.54, 1.807) is 17.9 Å². The number of carbonyl (C=O) groups excluding carboxylic acids is 3. The zero-order valence-electron chi connectivity index (χ0n) is 22.4. The van der Waals surface area contributed by atoms with Crippen molar-refractivity contribution in [1.29, 1.82) is 0 Å². The Morgan fingerprint density at radius 1 is 1.32 bits per heavy atom. The van der Waals surface area contributed by atoms with Crippen LogP contribution in [0.3, 0.4) is 0 Å². The van der Waals surface area contributed by atoms with Crippen molar-refractivity contribution in [3.8, 4) is 0 Å². The lowest BCUT2D eigenvalue weighted by Crippen LogP contribution is -2.57. The first kappa shape index (κ1) is 27.3. The Morgan fingerprint density at radius 2 is 2.03 bits per heavy atom. The van der Waals surface area contributed by atoms with Gasteiger partial charge in [0.25, 0.3) is 0 Å². The lowest BCUT2D eigenvalue weighted by molar-refractivity contribution is -0.163. The van der Waals surface area contributed by atoms with Gasteiger partial charge in [-0.25, -0.2) is 0 Å². The summed E-state index contributed by atoms with van der Waals surface area (Å²) in [6, 6.07) is 7.48. The minimum atomic E-state index is -1.19. The molecule has 3 fully saturated rings. The summed E-state index contributed by atoms with van der Waals surface area (Å²) in [6.07, 6.45) is 3.86. The van der Waals surface area contributed by atoms with E-state index in [1.807, 2.05) is 44.2 Å². The minimum Gasteiger partial charge on any atom is -0.466 e. The van der Waals surface area contributed by atoms with E-state index in [9.17, 15) is 19.5 Å². The van der Waals surface area contributed by atoms with Gasteiger partial charge in [-0.2, -0.15) is 0 Å². The molecule has 0 aromatic heterocycles. The summed E-state index contributed by atoms with van der Waals surface area (Å²) in [5.41, 5.74) is -1.39. The summed E-state index contributed by atoms with van der Waals surface area (Å²) in [7, 11) is 0. The Kier molecular flexibility index (Phi) is 7.81. The average Bonchev–Trinajstić information content (AvgIpc) is 3.40. The van der Waals surface area contributed by atoms with Crippen LogP contribution in [-0.4, -0.2) is 76.2 Å². The predicted molar refractivity (Wildman–Crippen MR) is 138 cm³/mol. The largest absolute Gasteiger partial charge is 0.466 e. The van der Waals surface area contributed by atoms with Crippen molar-refractivity contribution in [2.75, 3.05) is 26.3 Å². The summed E-state index contributed by atoms with van der Waals surface area (Å²) >= 11 is 0. The standard InChI is InChI=1S/C29H40N2O6/c1-6-9-16-30(15-7-2)26(34)24-29-17-19(4)28(5,37-29)23(27(35)36-8-3)22(29)25(33)31(24)21(18-32)20-13-11-10-12-14-20/h7,10-14,19,21-24,32H,2,6,8-9,15-18H2,1,3-5H3/t19?,21-,22+,23-,24?,28+,29?/m1/s1. The van der Waals surface area contributed by atoms with Gasteiger partial charge < -0.3 is 24.4 Å². The molecule has 3 unspecified atom stereocenters. The molecule has 8 nitrogen and oxygen atoms in total. The molecular formula is C29H40N2O6. The van der Waals surface area contributed by atoms with Gasteiger partial charge in [-0.1, -0.05) is 56.7 Å². The van der Waals surface area contributed by atoms with Gasteiger partial charge in [0.15, 0.2) is 0 Å². The number of carbonyl (C=O) groups is 3. The molecule has 37 heavy (non-hydrogen) atoms. The van der Waals surface area contributed by atoms with E-state index < -0.39 is 41.1 Å². The zero-order chi connectivity index (χ0) is 27.0. The fraction of sp³-hybridized carbons (Fsp3) is 0.621. The van der Waals surface area contributed by atoms with Crippen molar-refractivity contribution in [2.24, 2.45) is 17.8 Å². The highest BCUT2D eigenvalue weighted by Gasteiger charge is 2.80. The van der Waals surface area contributed by atoms with E-state index in [4.69, 9.17) is 9.47 Å². The number of esters is 1. The van der Waals surface area contributed by atoms with Crippen molar-refractivity contribution in [3.05, 3.63) is 48.6 Å². The number of aliphatic hydroxyl groups excluding tert-OH is 1. The molecule has 3 aliphatic heterocycles. The third-order valence-corrected chi connectivity index (χ3v) is 8.66. The van der Waals surface area contributed by atoms with Crippen LogP contribution in [-0.2, 0) is 23.9 Å². The quantitative estimate of drug-likeness (QED) is 0.362. The second-order valence-electron chi connectivity index (χ2n) is 10.7. The van der Waals surface area contributed by atoms with Crippen LogP contribution >= 0.6 is 0 Å². The predicted octanol–water partition coefficient (Wildman–Crippen LogP) is 3.11. The van der Waals surface area contributed by atoms with Crippen LogP contribution in [0.1, 0.15) is 58.6 Å². The van der Waals surface area contributed by atoms with Gasteiger partial charge in [0.05, 0.1) is 30.8 Å². The van der Waals surface area contributed by atoms with Crippen LogP contribution in [0.5, 0.6) is 0 Å². The van der Waals surface area contributed by atoms with E-state index in [0.29, 0.717) is 19.5 Å². The van der Waals surface area contributed by atoms with E-state index in [1.165, 1.54) is 4.90 Å². The summed E-state index contributed by atoms with van der Waals surface area (Å²) < 4.78 is 12.2. The number of hydrogen-bond acceptors (Lipinski definition) is 6. The maximum atomic E-state index is 14.4. The number of rotatable bonds is 11. The number of amides is 2. The molecule has 1 spiro atoms. The second kappa shape index (κ2) is 10.6. The van der Waals surface area contributed by atoms with Gasteiger partial charge in [0.2, 0.25) is 11.8 Å². The normalized spacial score (nSPS) is 32.8. The van der Waals surface area contributed by atoms with Gasteiger partial charge in [-0.15, -0.1) is 6.58 Å². The van der Waals surface area contributed by atoms with Crippen LogP contribution in [0.25, 0.3) is 0 Å². The molecule has 0 aliphatic carbocycles. The van der Waals surface area contributed by atoms with Gasteiger partial charge in [-0.3, -0.25) is 14.4 Å². The Labute approximate surface area is 219 Å². The monoisotopic (exact) mass is 512 g/mol. The number of likely N-dealkylation sites (tertiary alicyclic amines) is 1. The average molecular weight is 513 g/mol. The number of unbranched alkanes of at least 4 members (excludes halogenated alkanes) is 1. The number of fused-ring (bicyclic) bond motifs is 1. The second-order valence-corrected chi connectivity index (χ2v) is 10.7. The van der Waals surface area contributed by atoms with Crippen molar-refractivity contribution < 1.29 is 29.0 Å². The Hall–Kier alpha value is -2.71. The minimum absolute atomic E-state index is 0.0750. The number of hydrogen-bond donors (Lipinski definition) is 1. The number of benzene rings is 1. The van der Waals surface area contributed by atoms with Crippen molar-refractivity contribution in [3.63, 3.8) is 0 Å². The summed E-state index contributed by atoms with van der Waals surface area (Å²) in [5.74, 6) is -2.82. The fourth-order valence-electron chi connectivity index (χ4n) is 6.88. The van der Waals surface area contributed by atoms with E-state index in [0.717, 1.165) is 18.4 Å². The first-order valence-electron chi connectivity index (χ1n) is 13.5. The topological polar surface area (TPSA) is 96.4 Å². The Bertz CT molecular complexity index is 1030. The first-order valence-corrected chi connectivity index (χ1v) is 13.5. The highest BCUT2D eigenvalue weighted by molar-refractivity contribution is 5.99. The van der Waals surface area contributed by atoms with Crippen molar-refractivity contribution in [1.82, 2.24) is 9.80 Å². The maximum Gasteiger partial charge on any atom is 0.312 e. The molecule has 1 aromatic carbocycles. The molecule has 4 rings (SSSR count). The zero-order valence-corrected chi connectivity index (χ0v) is 22.4. The SMILES string of the molecule is C=CCN(CCCC)C(=O)C1N([C@H](CO)c2ccccc2)C(=O)[C@@H]2[C@H](C(=O)OCC)[C@@]3(C)OC12CC3C. The Morgan fingerprint density at radius 3 is 2.62 bits per heavy atom. The molecule has 2 amide bonds. The maximum absolute atomic E-state index is 14.4. The molecule has 8 heteroatoms. The Balaban J connectivity index is 1.87. The van der Waals surface area contributed by atoms with Gasteiger partial charge in [0, 0.05) is 13.1 Å². The van der Waals surface area contributed by atoms with Crippen molar-refractivity contribution >= 4 is 17.8 Å². The molecule has 0 radical (unpaired) electrons. The van der Waals surface area contributed by atoms with Crippen LogP contribution < -0.4 is 0 Å². The summed E-state index contributed by atoms with van der Waals surface area (Å²) in [5, 5.41) is 10.6. The number of nitrogens with zero attached hydrogens (tertiary/aromatic N) is 2. The highest BCUT2D eigenvalue weighted by atomic mass is 16.6. The van der Waals surface area contributed by atoms with Crippen LogP contribution in [0.4, 0.5) is 0 Å². The molecule has 3 saturated heterocycles. The smallest absolute Gasteiger partial charge is 0.312 e. The first-order chi connectivity index (χ1) is 17.7. The number of aliphatic hydroxyl groups is 1. The van der Waals surface area contributed by atoms with E-state index in [-0.39, 0.29) is 30.9 Å². The molecule has 7 atom stereocenters. The van der Waals surface area contributed by atoms with Crippen molar-refractivity contribution in [2.45, 2.75) is 70.2 Å². The lowest BCUT2D eigenvalue weighted by Gasteiger charge is -2.39. The molecule has 3 heterocycles. The fourth-order valence-corrected chi connectivity index (χ4v) is 6.88. The lowest BCUT2D eigenvalue weighted by atomic mass is 9.62. The highest BCUT2D eigenvalue weighted by Crippen LogP contribution is 2.66. The molecular weight excluding hydrogens is 472 g/mol. The van der Waals surface area contributed by atoms with Crippen LogP contribution in [0, 0.1) is 17.8 Å². The van der Waals surface area contributed by atoms with Gasteiger partial charge >= 0.3 is 5.97 Å². The third-order valence-electron chi connectivity index (χ3n) is 8.66. The molecule has 3 aliphatic rings. The molecule has 1 aromatic rings. The summed E-state index contributed by atoms with van der Waals surface area (Å²) in [6.45, 7) is 12.2. The van der Waals surface area contributed by atoms with Crippen LogP contribution in [0.15, 0.2) is 43.0 Å². The number of ether oxygens (including phenoxy) is 2. The van der Waals surface area contributed by atoms with Gasteiger partial charge in [0.1, 0.15) is 17.6 Å². The summed E-state index contributed by atoms with van der Waals surface area (Å²) in [4.78, 5) is 45.3. The molecule has 1 N–H and O–H groups in total. The van der Waals surface area contributed by atoms with Gasteiger partial charge in [-0.05, 0) is 38.2 Å². The van der Waals surface area contributed by atoms with E-state index >= 15 is 0 Å². The van der Waals surface area contributed by atoms with Crippen LogP contribution in [0.2, 0.25) is 0 Å².